The highest BCUT2D eigenvalue weighted by Crippen LogP contribution is 2.32. The number of halogens is 1. The number of carbonyl (C=O) groups is 2. The molecule has 8 heteroatoms. The first-order chi connectivity index (χ1) is 12.5. The van der Waals surface area contributed by atoms with Crippen LogP contribution in [0.5, 0.6) is 5.75 Å². The van der Waals surface area contributed by atoms with Crippen LogP contribution in [0.15, 0.2) is 35.7 Å². The summed E-state index contributed by atoms with van der Waals surface area (Å²) in [4.78, 5) is 24.7. The minimum absolute atomic E-state index is 0.0471. The number of urea groups is 1. The highest BCUT2D eigenvalue weighted by atomic mass is 32.1. The van der Waals surface area contributed by atoms with E-state index in [1.807, 2.05) is 17.5 Å². The average molecular weight is 377 g/mol. The Morgan fingerprint density at radius 1 is 1.38 bits per heavy atom. The Morgan fingerprint density at radius 2 is 2.23 bits per heavy atom. The van der Waals surface area contributed by atoms with Gasteiger partial charge in [-0.05, 0) is 42.5 Å². The van der Waals surface area contributed by atoms with Crippen molar-refractivity contribution in [3.63, 3.8) is 0 Å². The molecule has 2 atom stereocenters. The molecule has 2 heterocycles. The average Bonchev–Trinajstić information content (AvgIpc) is 3.05. The monoisotopic (exact) mass is 377 g/mol. The third kappa shape index (κ3) is 4.51. The van der Waals surface area contributed by atoms with Crippen LogP contribution in [0, 0.1) is 5.82 Å². The molecule has 1 aliphatic heterocycles. The number of fused-ring (bicyclic) bond motifs is 1. The van der Waals surface area contributed by atoms with E-state index >= 15 is 0 Å². The molecule has 0 spiro atoms. The zero-order valence-electron chi connectivity index (χ0n) is 14.0. The molecular weight excluding hydrogens is 357 g/mol. The van der Waals surface area contributed by atoms with Gasteiger partial charge in [0, 0.05) is 10.4 Å². The second kappa shape index (κ2) is 8.18. The summed E-state index contributed by atoms with van der Waals surface area (Å²) in [5.41, 5.74) is 5.86. The summed E-state index contributed by atoms with van der Waals surface area (Å²) in [7, 11) is 0. The van der Waals surface area contributed by atoms with E-state index in [-0.39, 0.29) is 24.2 Å². The lowest BCUT2D eigenvalue weighted by molar-refractivity contribution is -0.122. The number of ether oxygens (including phenoxy) is 1. The number of thiophene rings is 1. The molecule has 1 aromatic heterocycles. The molecule has 1 aliphatic rings. The molecule has 0 fully saturated rings. The summed E-state index contributed by atoms with van der Waals surface area (Å²) in [5.74, 6) is -0.0427. The van der Waals surface area contributed by atoms with E-state index in [1.54, 1.807) is 6.07 Å². The van der Waals surface area contributed by atoms with Crippen molar-refractivity contribution >= 4 is 23.3 Å². The standard InChI is InChI=1S/C18H20FN3O3S/c19-11-5-6-15-12(9-11)13(3-1-7-25-15)21-17(23)10-14(22-18(20)24)16-4-2-8-26-16/h2,4-6,8-9,13-14H,1,3,7,10H2,(H,21,23)(H3,20,22,24). The Morgan fingerprint density at radius 3 is 2.96 bits per heavy atom. The Kier molecular flexibility index (Phi) is 5.72. The molecule has 0 saturated heterocycles. The highest BCUT2D eigenvalue weighted by molar-refractivity contribution is 7.10. The van der Waals surface area contributed by atoms with E-state index < -0.39 is 12.1 Å². The van der Waals surface area contributed by atoms with E-state index in [4.69, 9.17) is 10.5 Å². The Hall–Kier alpha value is -2.61. The quantitative estimate of drug-likeness (QED) is 0.748. The number of amides is 3. The molecule has 3 rings (SSSR count). The molecule has 138 valence electrons. The molecule has 4 N–H and O–H groups in total. The summed E-state index contributed by atoms with van der Waals surface area (Å²) >= 11 is 1.44. The lowest BCUT2D eigenvalue weighted by Gasteiger charge is -2.21. The summed E-state index contributed by atoms with van der Waals surface area (Å²) in [6.45, 7) is 0.520. The van der Waals surface area contributed by atoms with Gasteiger partial charge >= 0.3 is 6.03 Å². The number of nitrogens with two attached hydrogens (primary N) is 1. The van der Waals surface area contributed by atoms with Gasteiger partial charge in [0.05, 0.1) is 25.1 Å². The van der Waals surface area contributed by atoms with E-state index in [9.17, 15) is 14.0 Å². The molecule has 2 aromatic rings. The van der Waals surface area contributed by atoms with Crippen molar-refractivity contribution in [1.29, 1.82) is 0 Å². The van der Waals surface area contributed by atoms with Crippen molar-refractivity contribution in [2.24, 2.45) is 5.73 Å². The number of rotatable bonds is 5. The molecule has 0 bridgehead atoms. The summed E-state index contributed by atoms with van der Waals surface area (Å²) in [6.07, 6.45) is 1.44. The number of hydrogen-bond donors (Lipinski definition) is 3. The zero-order valence-corrected chi connectivity index (χ0v) is 14.9. The molecule has 26 heavy (non-hydrogen) atoms. The molecule has 0 aliphatic carbocycles. The molecule has 6 nitrogen and oxygen atoms in total. The van der Waals surface area contributed by atoms with Crippen molar-refractivity contribution in [2.45, 2.75) is 31.3 Å². The van der Waals surface area contributed by atoms with E-state index in [0.29, 0.717) is 24.3 Å². The van der Waals surface area contributed by atoms with Gasteiger partial charge in [-0.2, -0.15) is 0 Å². The predicted molar refractivity (Wildman–Crippen MR) is 96.4 cm³/mol. The molecule has 3 amide bonds. The predicted octanol–water partition coefficient (Wildman–Crippen LogP) is 3.02. The molecular formula is C18H20FN3O3S. The van der Waals surface area contributed by atoms with Gasteiger partial charge in [0.25, 0.3) is 0 Å². The Labute approximate surface area is 154 Å². The van der Waals surface area contributed by atoms with E-state index in [1.165, 1.54) is 23.5 Å². The van der Waals surface area contributed by atoms with Crippen LogP contribution in [0.3, 0.4) is 0 Å². The van der Waals surface area contributed by atoms with Gasteiger partial charge in [0.1, 0.15) is 11.6 Å². The van der Waals surface area contributed by atoms with Crippen LogP contribution in [-0.4, -0.2) is 18.5 Å². The largest absolute Gasteiger partial charge is 0.493 e. The van der Waals surface area contributed by atoms with Crippen molar-refractivity contribution < 1.29 is 18.7 Å². The van der Waals surface area contributed by atoms with E-state index in [2.05, 4.69) is 10.6 Å². The van der Waals surface area contributed by atoms with Crippen molar-refractivity contribution in [2.75, 3.05) is 6.61 Å². The van der Waals surface area contributed by atoms with Gasteiger partial charge in [0.2, 0.25) is 5.91 Å². The molecule has 1 aromatic carbocycles. The van der Waals surface area contributed by atoms with Gasteiger partial charge in [-0.25, -0.2) is 9.18 Å². The fraction of sp³-hybridized carbons (Fsp3) is 0.333. The SMILES string of the molecule is NC(=O)NC(CC(=O)NC1CCCOc2ccc(F)cc21)c1cccs1. The van der Waals surface area contributed by atoms with Crippen molar-refractivity contribution in [3.8, 4) is 5.75 Å². The maximum absolute atomic E-state index is 13.6. The van der Waals surface area contributed by atoms with Crippen LogP contribution in [0.4, 0.5) is 9.18 Å². The van der Waals surface area contributed by atoms with Gasteiger partial charge in [-0.15, -0.1) is 11.3 Å². The first-order valence-electron chi connectivity index (χ1n) is 8.34. The zero-order chi connectivity index (χ0) is 18.5. The van der Waals surface area contributed by atoms with Crippen molar-refractivity contribution in [1.82, 2.24) is 10.6 Å². The normalized spacial score (nSPS) is 17.3. The maximum atomic E-state index is 13.6. The summed E-state index contributed by atoms with van der Waals surface area (Å²) < 4.78 is 19.3. The summed E-state index contributed by atoms with van der Waals surface area (Å²) in [5, 5.41) is 7.40. The van der Waals surface area contributed by atoms with Crippen molar-refractivity contribution in [3.05, 3.63) is 52.0 Å². The highest BCUT2D eigenvalue weighted by Gasteiger charge is 2.24. The van der Waals surface area contributed by atoms with Crippen LogP contribution in [0.1, 0.15) is 41.8 Å². The number of primary amides is 1. The van der Waals surface area contributed by atoms with Gasteiger partial charge in [-0.1, -0.05) is 6.07 Å². The Bertz CT molecular complexity index is 782. The van der Waals surface area contributed by atoms with Crippen LogP contribution >= 0.6 is 11.3 Å². The number of carbonyl (C=O) groups excluding carboxylic acids is 2. The van der Waals surface area contributed by atoms with Gasteiger partial charge in [-0.3, -0.25) is 4.79 Å². The lowest BCUT2D eigenvalue weighted by Crippen LogP contribution is -2.37. The van der Waals surface area contributed by atoms with Crippen LogP contribution < -0.4 is 21.1 Å². The summed E-state index contributed by atoms with van der Waals surface area (Å²) in [6, 6.07) is 6.47. The lowest BCUT2D eigenvalue weighted by atomic mass is 10.0. The molecule has 2 unspecified atom stereocenters. The number of nitrogens with one attached hydrogen (secondary N) is 2. The number of benzene rings is 1. The second-order valence-electron chi connectivity index (χ2n) is 6.07. The first-order valence-corrected chi connectivity index (χ1v) is 9.22. The minimum atomic E-state index is -0.688. The molecule has 0 saturated carbocycles. The third-order valence-corrected chi connectivity index (χ3v) is 5.16. The first kappa shape index (κ1) is 18.2. The van der Waals surface area contributed by atoms with Crippen LogP contribution in [0.25, 0.3) is 0 Å². The topological polar surface area (TPSA) is 93.5 Å². The fourth-order valence-corrected chi connectivity index (χ4v) is 3.80. The van der Waals surface area contributed by atoms with Gasteiger partial charge in [0.15, 0.2) is 0 Å². The van der Waals surface area contributed by atoms with Gasteiger partial charge < -0.3 is 21.1 Å². The smallest absolute Gasteiger partial charge is 0.312 e. The molecule has 0 radical (unpaired) electrons. The maximum Gasteiger partial charge on any atom is 0.312 e. The van der Waals surface area contributed by atoms with E-state index in [0.717, 1.165) is 11.3 Å². The second-order valence-corrected chi connectivity index (χ2v) is 7.05. The van der Waals surface area contributed by atoms with Crippen LogP contribution in [-0.2, 0) is 4.79 Å². The minimum Gasteiger partial charge on any atom is -0.493 e. The van der Waals surface area contributed by atoms with Crippen LogP contribution in [0.2, 0.25) is 0 Å². The number of hydrogen-bond acceptors (Lipinski definition) is 4. The Balaban J connectivity index is 1.72. The fourth-order valence-electron chi connectivity index (χ4n) is 3.02. The third-order valence-electron chi connectivity index (χ3n) is 4.17.